The van der Waals surface area contributed by atoms with E-state index in [4.69, 9.17) is 4.74 Å². The minimum Gasteiger partial charge on any atom is -0.455 e. The number of aryl methyl sites for hydroxylation is 2. The number of pyridine rings is 1. The summed E-state index contributed by atoms with van der Waals surface area (Å²) in [6.45, 7) is 4.18. The maximum absolute atomic E-state index is 5.96. The van der Waals surface area contributed by atoms with Crippen molar-refractivity contribution in [2.24, 2.45) is 0 Å². The molecular weight excluding hydrogens is 234 g/mol. The van der Waals surface area contributed by atoms with Crippen LogP contribution in [-0.4, -0.2) is 4.98 Å². The third-order valence-corrected chi connectivity index (χ3v) is 3.34. The summed E-state index contributed by atoms with van der Waals surface area (Å²) in [5.41, 5.74) is 2.49. The first-order valence-corrected chi connectivity index (χ1v) is 6.32. The fourth-order valence-corrected chi connectivity index (χ4v) is 2.07. The summed E-state index contributed by atoms with van der Waals surface area (Å²) in [5.74, 6) is 1.64. The van der Waals surface area contributed by atoms with E-state index in [9.17, 15) is 0 Å². The molecule has 0 spiro atoms. The average molecular weight is 249 g/mol. The van der Waals surface area contributed by atoms with Gasteiger partial charge in [0.25, 0.3) is 0 Å². The largest absolute Gasteiger partial charge is 0.455 e. The number of benzene rings is 2. The van der Waals surface area contributed by atoms with Crippen molar-refractivity contribution in [3.8, 4) is 11.5 Å². The molecule has 0 atom stereocenters. The average Bonchev–Trinajstić information content (AvgIpc) is 2.43. The Morgan fingerprint density at radius 3 is 2.58 bits per heavy atom. The van der Waals surface area contributed by atoms with Crippen LogP contribution in [0.3, 0.4) is 0 Å². The number of hydrogen-bond acceptors (Lipinski definition) is 2. The summed E-state index contributed by atoms with van der Waals surface area (Å²) in [6, 6.07) is 14.2. The smallest absolute Gasteiger partial charge is 0.153 e. The van der Waals surface area contributed by atoms with E-state index in [0.29, 0.717) is 0 Å². The van der Waals surface area contributed by atoms with E-state index in [-0.39, 0.29) is 0 Å². The summed E-state index contributed by atoms with van der Waals surface area (Å²) in [5, 5.41) is 2.17. The zero-order valence-electron chi connectivity index (χ0n) is 11.1. The first-order chi connectivity index (χ1) is 9.24. The Morgan fingerprint density at radius 1 is 0.895 bits per heavy atom. The van der Waals surface area contributed by atoms with E-state index >= 15 is 0 Å². The molecule has 1 heterocycles. The zero-order chi connectivity index (χ0) is 13.2. The highest BCUT2D eigenvalue weighted by atomic mass is 16.5. The van der Waals surface area contributed by atoms with Gasteiger partial charge in [0, 0.05) is 17.0 Å². The highest BCUT2D eigenvalue weighted by Gasteiger charge is 2.04. The molecule has 0 fully saturated rings. The SMILES string of the molecule is Cc1ccc(Oc2cncc3ccccc23)cc1C. The van der Waals surface area contributed by atoms with Gasteiger partial charge in [0.05, 0.1) is 6.20 Å². The monoisotopic (exact) mass is 249 g/mol. The molecule has 3 rings (SSSR count). The Labute approximate surface area is 112 Å². The summed E-state index contributed by atoms with van der Waals surface area (Å²) >= 11 is 0. The molecule has 1 aromatic heterocycles. The van der Waals surface area contributed by atoms with Gasteiger partial charge in [-0.1, -0.05) is 30.3 Å². The van der Waals surface area contributed by atoms with Gasteiger partial charge in [0.15, 0.2) is 5.75 Å². The summed E-state index contributed by atoms with van der Waals surface area (Å²) in [4.78, 5) is 4.22. The van der Waals surface area contributed by atoms with Crippen molar-refractivity contribution in [1.82, 2.24) is 4.98 Å². The molecule has 0 amide bonds. The van der Waals surface area contributed by atoms with Gasteiger partial charge < -0.3 is 4.74 Å². The van der Waals surface area contributed by atoms with Crippen LogP contribution in [0, 0.1) is 13.8 Å². The highest BCUT2D eigenvalue weighted by Crippen LogP contribution is 2.29. The van der Waals surface area contributed by atoms with Crippen LogP contribution >= 0.6 is 0 Å². The summed E-state index contributed by atoms with van der Waals surface area (Å²) < 4.78 is 5.96. The molecule has 94 valence electrons. The highest BCUT2D eigenvalue weighted by molar-refractivity contribution is 5.87. The van der Waals surface area contributed by atoms with Gasteiger partial charge in [-0.25, -0.2) is 0 Å². The van der Waals surface area contributed by atoms with Crippen LogP contribution in [0.1, 0.15) is 11.1 Å². The van der Waals surface area contributed by atoms with E-state index in [1.165, 1.54) is 11.1 Å². The van der Waals surface area contributed by atoms with Gasteiger partial charge >= 0.3 is 0 Å². The fourth-order valence-electron chi connectivity index (χ4n) is 2.07. The lowest BCUT2D eigenvalue weighted by molar-refractivity contribution is 0.485. The Kier molecular flexibility index (Phi) is 2.92. The lowest BCUT2D eigenvalue weighted by Crippen LogP contribution is -1.89. The molecular formula is C17H15NO. The number of aromatic nitrogens is 1. The molecule has 0 N–H and O–H groups in total. The first kappa shape index (κ1) is 11.7. The van der Waals surface area contributed by atoms with Gasteiger partial charge in [-0.15, -0.1) is 0 Å². The minimum absolute atomic E-state index is 0.793. The first-order valence-electron chi connectivity index (χ1n) is 6.32. The standard InChI is InChI=1S/C17H15NO/c1-12-7-8-15(9-13(12)2)19-17-11-18-10-14-5-3-4-6-16(14)17/h3-11H,1-2H3. The van der Waals surface area contributed by atoms with Gasteiger partial charge in [0.2, 0.25) is 0 Å². The molecule has 0 aliphatic carbocycles. The van der Waals surface area contributed by atoms with Crippen LogP contribution in [-0.2, 0) is 0 Å². The maximum Gasteiger partial charge on any atom is 0.153 e. The van der Waals surface area contributed by atoms with Crippen molar-refractivity contribution in [2.75, 3.05) is 0 Å². The van der Waals surface area contributed by atoms with Crippen molar-refractivity contribution < 1.29 is 4.74 Å². The van der Waals surface area contributed by atoms with Crippen LogP contribution in [0.5, 0.6) is 11.5 Å². The molecule has 0 unspecified atom stereocenters. The number of ether oxygens (including phenoxy) is 1. The van der Waals surface area contributed by atoms with Crippen molar-refractivity contribution >= 4 is 10.8 Å². The molecule has 0 saturated heterocycles. The molecule has 0 aliphatic heterocycles. The number of rotatable bonds is 2. The maximum atomic E-state index is 5.96. The Morgan fingerprint density at radius 2 is 1.74 bits per heavy atom. The van der Waals surface area contributed by atoms with Crippen LogP contribution in [0.4, 0.5) is 0 Å². The minimum atomic E-state index is 0.793. The van der Waals surface area contributed by atoms with E-state index < -0.39 is 0 Å². The quantitative estimate of drug-likeness (QED) is 0.659. The molecule has 3 aromatic rings. The van der Waals surface area contributed by atoms with Crippen molar-refractivity contribution in [3.63, 3.8) is 0 Å². The third kappa shape index (κ3) is 2.29. The van der Waals surface area contributed by atoms with Gasteiger partial charge in [-0.05, 0) is 37.1 Å². The van der Waals surface area contributed by atoms with Crippen molar-refractivity contribution in [3.05, 3.63) is 66.0 Å². The Balaban J connectivity index is 2.03. The third-order valence-electron chi connectivity index (χ3n) is 3.34. The lowest BCUT2D eigenvalue weighted by atomic mass is 10.1. The van der Waals surface area contributed by atoms with E-state index in [1.807, 2.05) is 36.5 Å². The van der Waals surface area contributed by atoms with Gasteiger partial charge in [-0.2, -0.15) is 0 Å². The molecule has 0 saturated carbocycles. The van der Waals surface area contributed by atoms with E-state index in [1.54, 1.807) is 6.20 Å². The molecule has 0 aliphatic rings. The molecule has 0 radical (unpaired) electrons. The van der Waals surface area contributed by atoms with Crippen LogP contribution in [0.2, 0.25) is 0 Å². The van der Waals surface area contributed by atoms with E-state index in [0.717, 1.165) is 22.3 Å². The second-order valence-corrected chi connectivity index (χ2v) is 4.71. The Bertz CT molecular complexity index is 729. The van der Waals surface area contributed by atoms with Crippen LogP contribution < -0.4 is 4.74 Å². The van der Waals surface area contributed by atoms with Gasteiger partial charge in [-0.3, -0.25) is 4.98 Å². The predicted octanol–water partition coefficient (Wildman–Crippen LogP) is 4.64. The molecule has 2 nitrogen and oxygen atoms in total. The van der Waals surface area contributed by atoms with Crippen molar-refractivity contribution in [1.29, 1.82) is 0 Å². The van der Waals surface area contributed by atoms with Crippen LogP contribution in [0.15, 0.2) is 54.9 Å². The van der Waals surface area contributed by atoms with Crippen molar-refractivity contribution in [2.45, 2.75) is 13.8 Å². The molecule has 19 heavy (non-hydrogen) atoms. The topological polar surface area (TPSA) is 22.1 Å². The lowest BCUT2D eigenvalue weighted by Gasteiger charge is -2.09. The summed E-state index contributed by atoms with van der Waals surface area (Å²) in [7, 11) is 0. The molecule has 2 heteroatoms. The Hall–Kier alpha value is -2.35. The number of hydrogen-bond donors (Lipinski definition) is 0. The number of fused-ring (bicyclic) bond motifs is 1. The predicted molar refractivity (Wildman–Crippen MR) is 77.7 cm³/mol. The second kappa shape index (κ2) is 4.73. The van der Waals surface area contributed by atoms with Gasteiger partial charge in [0.1, 0.15) is 5.75 Å². The normalized spacial score (nSPS) is 10.6. The molecule has 0 bridgehead atoms. The molecule has 2 aromatic carbocycles. The van der Waals surface area contributed by atoms with Crippen LogP contribution in [0.25, 0.3) is 10.8 Å². The summed E-state index contributed by atoms with van der Waals surface area (Å²) in [6.07, 6.45) is 3.61. The number of nitrogens with zero attached hydrogens (tertiary/aromatic N) is 1. The zero-order valence-corrected chi connectivity index (χ0v) is 11.1. The fraction of sp³-hybridized carbons (Fsp3) is 0.118. The second-order valence-electron chi connectivity index (χ2n) is 4.71. The van der Waals surface area contributed by atoms with E-state index in [2.05, 4.69) is 31.0 Å².